The Balaban J connectivity index is 1.55. The Bertz CT molecular complexity index is 602. The summed E-state index contributed by atoms with van der Waals surface area (Å²) in [4.78, 5) is 2.59. The lowest BCUT2D eigenvalue weighted by Crippen LogP contribution is -2.34. The molecule has 2 aromatic rings. The van der Waals surface area contributed by atoms with Crippen LogP contribution in [0.2, 0.25) is 0 Å². The van der Waals surface area contributed by atoms with E-state index in [9.17, 15) is 0 Å². The van der Waals surface area contributed by atoms with Crippen LogP contribution in [0.25, 0.3) is 0 Å². The molecule has 2 heteroatoms. The second-order valence-corrected chi connectivity index (χ2v) is 6.66. The van der Waals surface area contributed by atoms with Gasteiger partial charge in [-0.1, -0.05) is 49.4 Å². The minimum atomic E-state index is 0.601. The van der Waals surface area contributed by atoms with E-state index in [1.807, 2.05) is 6.07 Å². The highest BCUT2D eigenvalue weighted by Gasteiger charge is 2.25. The molecular formula is C21H27NO. The molecule has 0 radical (unpaired) electrons. The van der Waals surface area contributed by atoms with E-state index in [2.05, 4.69) is 60.4 Å². The molecule has 1 unspecified atom stereocenters. The van der Waals surface area contributed by atoms with Crippen molar-refractivity contribution in [2.24, 2.45) is 5.92 Å². The summed E-state index contributed by atoms with van der Waals surface area (Å²) < 4.78 is 5.37. The van der Waals surface area contributed by atoms with E-state index in [1.54, 1.807) is 7.11 Å². The first kappa shape index (κ1) is 16.1. The van der Waals surface area contributed by atoms with Gasteiger partial charge in [-0.05, 0) is 61.0 Å². The summed E-state index contributed by atoms with van der Waals surface area (Å²) in [6.45, 7) is 5.86. The molecule has 1 aliphatic heterocycles. The van der Waals surface area contributed by atoms with Crippen molar-refractivity contribution < 1.29 is 4.74 Å². The molecule has 1 aliphatic rings. The van der Waals surface area contributed by atoms with Gasteiger partial charge in [0.05, 0.1) is 7.11 Å². The van der Waals surface area contributed by atoms with Crippen molar-refractivity contribution in [3.63, 3.8) is 0 Å². The fraction of sp³-hybridized carbons (Fsp3) is 0.429. The van der Waals surface area contributed by atoms with Gasteiger partial charge in [-0.3, -0.25) is 4.90 Å². The minimum absolute atomic E-state index is 0.601. The second kappa shape index (κ2) is 7.65. The third-order valence-electron chi connectivity index (χ3n) is 5.21. The third kappa shape index (κ3) is 4.14. The molecule has 1 fully saturated rings. The Morgan fingerprint density at radius 3 is 2.48 bits per heavy atom. The SMILES string of the molecule is COc1cccc(C(C)C2CCN(Cc3ccccc3)CC2)c1. The molecule has 0 saturated carbocycles. The van der Waals surface area contributed by atoms with Crippen LogP contribution >= 0.6 is 0 Å². The van der Waals surface area contributed by atoms with E-state index in [0.717, 1.165) is 18.2 Å². The average molecular weight is 309 g/mol. The number of benzene rings is 2. The van der Waals surface area contributed by atoms with Gasteiger partial charge in [0.2, 0.25) is 0 Å². The minimum Gasteiger partial charge on any atom is -0.497 e. The van der Waals surface area contributed by atoms with Crippen molar-refractivity contribution in [2.75, 3.05) is 20.2 Å². The van der Waals surface area contributed by atoms with E-state index < -0.39 is 0 Å². The number of methoxy groups -OCH3 is 1. The number of piperidine rings is 1. The summed E-state index contributed by atoms with van der Waals surface area (Å²) in [6, 6.07) is 19.4. The zero-order valence-corrected chi connectivity index (χ0v) is 14.2. The zero-order valence-electron chi connectivity index (χ0n) is 14.2. The Labute approximate surface area is 140 Å². The van der Waals surface area contributed by atoms with Crippen molar-refractivity contribution in [3.05, 3.63) is 65.7 Å². The van der Waals surface area contributed by atoms with E-state index in [-0.39, 0.29) is 0 Å². The van der Waals surface area contributed by atoms with Gasteiger partial charge in [0.25, 0.3) is 0 Å². The molecule has 1 atom stereocenters. The van der Waals surface area contributed by atoms with Crippen molar-refractivity contribution in [1.29, 1.82) is 0 Å². The molecule has 1 saturated heterocycles. The van der Waals surface area contributed by atoms with Crippen LogP contribution in [0.15, 0.2) is 54.6 Å². The molecule has 122 valence electrons. The number of hydrogen-bond donors (Lipinski definition) is 0. The quantitative estimate of drug-likeness (QED) is 0.793. The van der Waals surface area contributed by atoms with Crippen LogP contribution in [0.4, 0.5) is 0 Å². The van der Waals surface area contributed by atoms with E-state index in [1.165, 1.54) is 37.1 Å². The van der Waals surface area contributed by atoms with Gasteiger partial charge < -0.3 is 4.74 Å². The first-order valence-electron chi connectivity index (χ1n) is 8.66. The van der Waals surface area contributed by atoms with E-state index in [4.69, 9.17) is 4.74 Å². The molecule has 2 nitrogen and oxygen atoms in total. The molecule has 2 aromatic carbocycles. The van der Waals surface area contributed by atoms with E-state index in [0.29, 0.717) is 5.92 Å². The van der Waals surface area contributed by atoms with Gasteiger partial charge in [-0.25, -0.2) is 0 Å². The first-order chi connectivity index (χ1) is 11.3. The molecule has 0 amide bonds. The standard InChI is InChI=1S/C21H27NO/c1-17(20-9-6-10-21(15-20)23-2)19-11-13-22(14-12-19)16-18-7-4-3-5-8-18/h3-10,15,17,19H,11-14,16H2,1-2H3. The summed E-state index contributed by atoms with van der Waals surface area (Å²) in [6.07, 6.45) is 2.57. The van der Waals surface area contributed by atoms with Gasteiger partial charge in [0, 0.05) is 6.54 Å². The highest BCUT2D eigenvalue weighted by atomic mass is 16.5. The Kier molecular flexibility index (Phi) is 5.35. The van der Waals surface area contributed by atoms with Crippen LogP contribution in [0.5, 0.6) is 5.75 Å². The lowest BCUT2D eigenvalue weighted by Gasteiger charge is -2.35. The number of rotatable bonds is 5. The highest BCUT2D eigenvalue weighted by molar-refractivity contribution is 5.31. The molecule has 23 heavy (non-hydrogen) atoms. The molecule has 0 aromatic heterocycles. The maximum Gasteiger partial charge on any atom is 0.119 e. The third-order valence-corrected chi connectivity index (χ3v) is 5.21. The molecule has 3 rings (SSSR count). The molecule has 1 heterocycles. The highest BCUT2D eigenvalue weighted by Crippen LogP contribution is 2.33. The lowest BCUT2D eigenvalue weighted by molar-refractivity contribution is 0.165. The van der Waals surface area contributed by atoms with Crippen LogP contribution < -0.4 is 4.74 Å². The molecule has 0 bridgehead atoms. The molecule has 0 spiro atoms. The lowest BCUT2D eigenvalue weighted by atomic mass is 9.81. The number of ether oxygens (including phenoxy) is 1. The fourth-order valence-electron chi connectivity index (χ4n) is 3.65. The van der Waals surface area contributed by atoms with Crippen LogP contribution in [-0.4, -0.2) is 25.1 Å². The Morgan fingerprint density at radius 2 is 1.78 bits per heavy atom. The Morgan fingerprint density at radius 1 is 1.04 bits per heavy atom. The van der Waals surface area contributed by atoms with Crippen LogP contribution in [0, 0.1) is 5.92 Å². The zero-order chi connectivity index (χ0) is 16.1. The first-order valence-corrected chi connectivity index (χ1v) is 8.66. The number of likely N-dealkylation sites (tertiary alicyclic amines) is 1. The summed E-state index contributed by atoms with van der Waals surface area (Å²) in [5.74, 6) is 2.34. The van der Waals surface area contributed by atoms with Crippen molar-refractivity contribution >= 4 is 0 Å². The summed E-state index contributed by atoms with van der Waals surface area (Å²) in [5, 5.41) is 0. The Hall–Kier alpha value is -1.80. The fourth-order valence-corrected chi connectivity index (χ4v) is 3.65. The summed E-state index contributed by atoms with van der Waals surface area (Å²) in [7, 11) is 1.74. The van der Waals surface area contributed by atoms with E-state index >= 15 is 0 Å². The predicted molar refractivity (Wildman–Crippen MR) is 95.9 cm³/mol. The van der Waals surface area contributed by atoms with Crippen LogP contribution in [0.1, 0.15) is 36.8 Å². The van der Waals surface area contributed by atoms with Crippen LogP contribution in [0.3, 0.4) is 0 Å². The second-order valence-electron chi connectivity index (χ2n) is 6.66. The van der Waals surface area contributed by atoms with Gasteiger partial charge >= 0.3 is 0 Å². The molecule has 0 aliphatic carbocycles. The maximum absolute atomic E-state index is 5.37. The number of hydrogen-bond acceptors (Lipinski definition) is 2. The number of nitrogens with zero attached hydrogens (tertiary/aromatic N) is 1. The normalized spacial score (nSPS) is 17.8. The molecule has 0 N–H and O–H groups in total. The summed E-state index contributed by atoms with van der Waals surface area (Å²) >= 11 is 0. The van der Waals surface area contributed by atoms with Crippen molar-refractivity contribution in [2.45, 2.75) is 32.2 Å². The van der Waals surface area contributed by atoms with Crippen molar-refractivity contribution in [3.8, 4) is 5.75 Å². The maximum atomic E-state index is 5.37. The smallest absolute Gasteiger partial charge is 0.119 e. The summed E-state index contributed by atoms with van der Waals surface area (Å²) in [5.41, 5.74) is 2.83. The predicted octanol–water partition coefficient (Wildman–Crippen LogP) is 4.71. The van der Waals surface area contributed by atoms with Gasteiger partial charge in [0.15, 0.2) is 0 Å². The van der Waals surface area contributed by atoms with Gasteiger partial charge in [-0.15, -0.1) is 0 Å². The molecular weight excluding hydrogens is 282 g/mol. The topological polar surface area (TPSA) is 12.5 Å². The van der Waals surface area contributed by atoms with Crippen LogP contribution in [-0.2, 0) is 6.54 Å². The average Bonchev–Trinajstić information content (AvgIpc) is 2.63. The van der Waals surface area contributed by atoms with Crippen molar-refractivity contribution in [1.82, 2.24) is 4.90 Å². The van der Waals surface area contributed by atoms with Gasteiger partial charge in [-0.2, -0.15) is 0 Å². The van der Waals surface area contributed by atoms with Gasteiger partial charge in [0.1, 0.15) is 5.75 Å². The monoisotopic (exact) mass is 309 g/mol. The largest absolute Gasteiger partial charge is 0.497 e.